The zero-order chi connectivity index (χ0) is 18.5. The van der Waals surface area contributed by atoms with E-state index in [-0.39, 0.29) is 16.8 Å². The molecule has 26 heavy (non-hydrogen) atoms. The second-order valence-corrected chi connectivity index (χ2v) is 8.04. The third kappa shape index (κ3) is 2.70. The Kier molecular flexibility index (Phi) is 3.87. The molecule has 1 aliphatic carbocycles. The van der Waals surface area contributed by atoms with Gasteiger partial charge in [-0.25, -0.2) is 18.7 Å². The Hall–Kier alpha value is -2.62. The summed E-state index contributed by atoms with van der Waals surface area (Å²) in [6, 6.07) is 9.64. The van der Waals surface area contributed by atoms with Gasteiger partial charge in [0.15, 0.2) is 5.82 Å². The fourth-order valence-electron chi connectivity index (χ4n) is 3.71. The van der Waals surface area contributed by atoms with Crippen molar-refractivity contribution < 1.29 is 8.42 Å². The summed E-state index contributed by atoms with van der Waals surface area (Å²) in [5.41, 5.74) is 11.0. The highest BCUT2D eigenvalue weighted by Crippen LogP contribution is 2.40. The molecule has 0 bridgehead atoms. The molecule has 8 nitrogen and oxygen atoms in total. The lowest BCUT2D eigenvalue weighted by molar-refractivity contribution is 0.597. The van der Waals surface area contributed by atoms with E-state index in [1.165, 1.54) is 5.56 Å². The van der Waals surface area contributed by atoms with Gasteiger partial charge in [-0.2, -0.15) is 0 Å². The number of primary sulfonamides is 1. The van der Waals surface area contributed by atoms with Gasteiger partial charge in [-0.1, -0.05) is 30.3 Å². The first kappa shape index (κ1) is 16.8. The normalized spacial score (nSPS) is 16.7. The molecular weight excluding hydrogens is 352 g/mol. The topological polar surface area (TPSA) is 141 Å². The van der Waals surface area contributed by atoms with Gasteiger partial charge < -0.3 is 5.73 Å². The zero-order valence-electron chi connectivity index (χ0n) is 14.1. The van der Waals surface area contributed by atoms with E-state index in [9.17, 15) is 8.42 Å². The minimum absolute atomic E-state index is 0.0217. The highest BCUT2D eigenvalue weighted by atomic mass is 32.2. The van der Waals surface area contributed by atoms with E-state index in [1.807, 2.05) is 18.2 Å². The largest absolute Gasteiger partial charge is 0.327 e. The fraction of sp³-hybridized carbons (Fsp3) is 0.235. The molecule has 1 heterocycles. The summed E-state index contributed by atoms with van der Waals surface area (Å²) in [6.07, 6.45) is 1.54. The molecule has 9 heteroatoms. The van der Waals surface area contributed by atoms with E-state index < -0.39 is 10.0 Å². The number of aromatic amines is 1. The maximum Gasteiger partial charge on any atom is 0.239 e. The summed E-state index contributed by atoms with van der Waals surface area (Å²) in [5.74, 6) is 0.257. The Morgan fingerprint density at radius 1 is 1.15 bits per heavy atom. The van der Waals surface area contributed by atoms with Crippen molar-refractivity contribution in [1.82, 2.24) is 20.6 Å². The first-order valence-electron chi connectivity index (χ1n) is 8.13. The minimum Gasteiger partial charge on any atom is -0.327 e. The highest BCUT2D eigenvalue weighted by Gasteiger charge is 2.27. The number of nitrogens with two attached hydrogens (primary N) is 2. The van der Waals surface area contributed by atoms with Gasteiger partial charge in [-0.3, -0.25) is 0 Å². The van der Waals surface area contributed by atoms with Gasteiger partial charge in [-0.15, -0.1) is 5.10 Å². The third-order valence-corrected chi connectivity index (χ3v) is 5.83. The van der Waals surface area contributed by atoms with Crippen LogP contribution in [-0.2, 0) is 22.9 Å². The van der Waals surface area contributed by atoms with Crippen LogP contribution in [0.2, 0.25) is 0 Å². The van der Waals surface area contributed by atoms with E-state index in [2.05, 4.69) is 26.7 Å². The predicted octanol–water partition coefficient (Wildman–Crippen LogP) is 0.915. The lowest BCUT2D eigenvalue weighted by Gasteiger charge is -2.16. The number of hydrogen-bond donors (Lipinski definition) is 3. The molecule has 3 aromatic rings. The first-order chi connectivity index (χ1) is 12.4. The molecule has 2 aromatic carbocycles. The number of nitrogens with one attached hydrogen (secondary N) is 1. The number of benzene rings is 2. The predicted molar refractivity (Wildman–Crippen MR) is 96.5 cm³/mol. The van der Waals surface area contributed by atoms with E-state index in [0.717, 1.165) is 24.0 Å². The van der Waals surface area contributed by atoms with Crippen molar-refractivity contribution in [3.8, 4) is 22.5 Å². The molecule has 0 saturated heterocycles. The summed E-state index contributed by atoms with van der Waals surface area (Å²) in [6.45, 7) is 1.70. The van der Waals surface area contributed by atoms with E-state index in [4.69, 9.17) is 10.9 Å². The van der Waals surface area contributed by atoms with Crippen LogP contribution in [-0.4, -0.2) is 35.1 Å². The zero-order valence-corrected chi connectivity index (χ0v) is 14.9. The quantitative estimate of drug-likeness (QED) is 0.626. The fourth-order valence-corrected chi connectivity index (χ4v) is 4.72. The molecule has 0 fully saturated rings. The third-order valence-electron chi connectivity index (χ3n) is 4.73. The molecule has 1 unspecified atom stereocenters. The number of fused-ring (bicyclic) bond motifs is 1. The molecule has 0 spiro atoms. The van der Waals surface area contributed by atoms with Crippen molar-refractivity contribution in [3.05, 3.63) is 47.0 Å². The summed E-state index contributed by atoms with van der Waals surface area (Å²) in [7, 11) is -3.99. The molecule has 4 rings (SSSR count). The molecule has 134 valence electrons. The summed E-state index contributed by atoms with van der Waals surface area (Å²) >= 11 is 0. The molecule has 1 aliphatic rings. The van der Waals surface area contributed by atoms with Crippen LogP contribution < -0.4 is 10.9 Å². The van der Waals surface area contributed by atoms with Gasteiger partial charge in [0.05, 0.1) is 4.90 Å². The molecular formula is C17H18N6O2S. The van der Waals surface area contributed by atoms with Gasteiger partial charge in [0.25, 0.3) is 0 Å². The number of hydrogen-bond acceptors (Lipinski definition) is 6. The van der Waals surface area contributed by atoms with Crippen LogP contribution in [0, 0.1) is 6.92 Å². The molecule has 0 radical (unpaired) electrons. The van der Waals surface area contributed by atoms with Gasteiger partial charge in [0, 0.05) is 11.6 Å². The molecule has 0 amide bonds. The summed E-state index contributed by atoms with van der Waals surface area (Å²) in [4.78, 5) is 0.0217. The van der Waals surface area contributed by atoms with Crippen molar-refractivity contribution in [2.75, 3.05) is 0 Å². The SMILES string of the molecule is Cc1ccc(-c2cccc3c2CC(N)C3)c(-c2nnn[nH]2)c1S(N)(=O)=O. The number of aryl methyl sites for hydroxylation is 1. The van der Waals surface area contributed by atoms with Crippen LogP contribution in [0.5, 0.6) is 0 Å². The lowest BCUT2D eigenvalue weighted by Crippen LogP contribution is -2.19. The van der Waals surface area contributed by atoms with E-state index >= 15 is 0 Å². The molecule has 0 saturated carbocycles. The van der Waals surface area contributed by atoms with Crippen molar-refractivity contribution in [3.63, 3.8) is 0 Å². The Bertz CT molecular complexity index is 1090. The van der Waals surface area contributed by atoms with Gasteiger partial charge in [0.1, 0.15) is 0 Å². The average molecular weight is 370 g/mol. The number of H-pyrrole nitrogens is 1. The Morgan fingerprint density at radius 3 is 2.65 bits per heavy atom. The Morgan fingerprint density at radius 2 is 1.96 bits per heavy atom. The number of nitrogens with zero attached hydrogens (tertiary/aromatic N) is 3. The van der Waals surface area contributed by atoms with E-state index in [1.54, 1.807) is 13.0 Å². The van der Waals surface area contributed by atoms with Crippen molar-refractivity contribution in [2.24, 2.45) is 10.9 Å². The lowest BCUT2D eigenvalue weighted by atomic mass is 9.92. The summed E-state index contributed by atoms with van der Waals surface area (Å²) < 4.78 is 24.6. The second-order valence-electron chi connectivity index (χ2n) is 6.54. The number of rotatable bonds is 3. The molecule has 1 atom stereocenters. The van der Waals surface area contributed by atoms with Crippen LogP contribution >= 0.6 is 0 Å². The van der Waals surface area contributed by atoms with Gasteiger partial charge in [-0.05, 0) is 58.0 Å². The van der Waals surface area contributed by atoms with Gasteiger partial charge >= 0.3 is 0 Å². The van der Waals surface area contributed by atoms with Crippen LogP contribution in [0.4, 0.5) is 0 Å². The van der Waals surface area contributed by atoms with Crippen molar-refractivity contribution >= 4 is 10.0 Å². The van der Waals surface area contributed by atoms with Crippen LogP contribution in [0.15, 0.2) is 35.2 Å². The molecule has 5 N–H and O–H groups in total. The number of tetrazole rings is 1. The summed E-state index contributed by atoms with van der Waals surface area (Å²) in [5, 5.41) is 19.3. The molecule has 1 aromatic heterocycles. The van der Waals surface area contributed by atoms with Gasteiger partial charge in [0.2, 0.25) is 10.0 Å². The average Bonchev–Trinajstić information content (AvgIpc) is 3.21. The van der Waals surface area contributed by atoms with Crippen LogP contribution in [0.1, 0.15) is 16.7 Å². The first-order valence-corrected chi connectivity index (χ1v) is 9.68. The Balaban J connectivity index is 2.08. The minimum atomic E-state index is -3.99. The van der Waals surface area contributed by atoms with Crippen LogP contribution in [0.25, 0.3) is 22.5 Å². The standard InChI is InChI=1S/C17H18N6O2S/c1-9-5-6-13(12-4-2-3-10-7-11(18)8-14(10)12)15(16(9)26(19,24)25)17-20-22-23-21-17/h2-6,11H,7-8,18H2,1H3,(H2,19,24,25)(H,20,21,22,23). The number of sulfonamides is 1. The van der Waals surface area contributed by atoms with Crippen molar-refractivity contribution in [1.29, 1.82) is 0 Å². The number of aromatic nitrogens is 4. The maximum absolute atomic E-state index is 12.3. The van der Waals surface area contributed by atoms with Crippen LogP contribution in [0.3, 0.4) is 0 Å². The maximum atomic E-state index is 12.3. The monoisotopic (exact) mass is 370 g/mol. The smallest absolute Gasteiger partial charge is 0.239 e. The van der Waals surface area contributed by atoms with Crippen molar-refractivity contribution in [2.45, 2.75) is 30.7 Å². The van der Waals surface area contributed by atoms with E-state index in [0.29, 0.717) is 16.7 Å². The highest BCUT2D eigenvalue weighted by molar-refractivity contribution is 7.89. The Labute approximate surface area is 150 Å². The molecule has 0 aliphatic heterocycles. The second kappa shape index (κ2) is 5.97.